The molecule has 0 radical (unpaired) electrons. The van der Waals surface area contributed by atoms with Crippen LogP contribution >= 0.6 is 0 Å². The van der Waals surface area contributed by atoms with Gasteiger partial charge in [-0.25, -0.2) is 0 Å². The van der Waals surface area contributed by atoms with Gasteiger partial charge in [0.25, 0.3) is 0 Å². The maximum atomic E-state index is 12.3. The third kappa shape index (κ3) is 4.95. The Morgan fingerprint density at radius 2 is 1.79 bits per heavy atom. The molecule has 0 bridgehead atoms. The average molecular weight is 278 g/mol. The van der Waals surface area contributed by atoms with Gasteiger partial charge in [0.15, 0.2) is 0 Å². The molecule has 0 aromatic rings. The zero-order chi connectivity index (χ0) is 13.9. The van der Waals surface area contributed by atoms with E-state index in [1.54, 1.807) is 0 Å². The lowest BCUT2D eigenvalue weighted by atomic mass is 9.89. The molecule has 2 unspecified atom stereocenters. The molecule has 19 heavy (non-hydrogen) atoms. The zero-order valence-corrected chi connectivity index (χ0v) is 11.7. The largest absolute Gasteiger partial charge is 0.401 e. The van der Waals surface area contributed by atoms with Gasteiger partial charge in [0.05, 0.1) is 6.54 Å². The van der Waals surface area contributed by atoms with Gasteiger partial charge >= 0.3 is 6.18 Å². The van der Waals surface area contributed by atoms with Crippen LogP contribution in [0, 0.1) is 5.92 Å². The summed E-state index contributed by atoms with van der Waals surface area (Å²) in [6, 6.07) is 0.596. The second-order valence-electron chi connectivity index (χ2n) is 6.28. The van der Waals surface area contributed by atoms with Gasteiger partial charge in [-0.3, -0.25) is 4.90 Å². The lowest BCUT2D eigenvalue weighted by Crippen LogP contribution is -2.53. The van der Waals surface area contributed by atoms with Crippen LogP contribution in [-0.4, -0.2) is 42.8 Å². The number of nitrogens with zero attached hydrogens (tertiary/aromatic N) is 1. The molecular formula is C14H25F3N2. The van der Waals surface area contributed by atoms with Crippen molar-refractivity contribution in [3.63, 3.8) is 0 Å². The smallest absolute Gasteiger partial charge is 0.305 e. The molecule has 0 spiro atoms. The number of piperidine rings is 1. The molecule has 1 N–H and O–H groups in total. The standard InChI is InChI=1S/C14H25F3N2/c1-11-7-12(18-10-14(15,16)17)9-19(8-11)13-5-3-2-4-6-13/h11-13,18H,2-10H2,1H3. The SMILES string of the molecule is CC1CC(NCC(F)(F)F)CN(C2CCCCC2)C1. The maximum Gasteiger partial charge on any atom is 0.401 e. The van der Waals surface area contributed by atoms with E-state index in [1.165, 1.54) is 32.1 Å². The van der Waals surface area contributed by atoms with Crippen LogP contribution in [0.15, 0.2) is 0 Å². The van der Waals surface area contributed by atoms with Crippen LogP contribution in [0.25, 0.3) is 0 Å². The Kier molecular flexibility index (Phi) is 5.12. The summed E-state index contributed by atoms with van der Waals surface area (Å²) >= 11 is 0. The van der Waals surface area contributed by atoms with Crippen molar-refractivity contribution in [2.24, 2.45) is 5.92 Å². The van der Waals surface area contributed by atoms with Crippen molar-refractivity contribution in [2.75, 3.05) is 19.6 Å². The Morgan fingerprint density at radius 1 is 1.11 bits per heavy atom. The van der Waals surface area contributed by atoms with Crippen LogP contribution in [0.1, 0.15) is 45.4 Å². The van der Waals surface area contributed by atoms with Gasteiger partial charge < -0.3 is 5.32 Å². The minimum atomic E-state index is -4.10. The fourth-order valence-corrected chi connectivity index (χ4v) is 3.54. The summed E-state index contributed by atoms with van der Waals surface area (Å²) in [5, 5.41) is 2.69. The number of halogens is 3. The summed E-state index contributed by atoms with van der Waals surface area (Å²) in [6.07, 6.45) is 3.06. The van der Waals surface area contributed by atoms with Crippen LogP contribution in [0.4, 0.5) is 13.2 Å². The third-order valence-electron chi connectivity index (χ3n) is 4.37. The van der Waals surface area contributed by atoms with Crippen molar-refractivity contribution in [3.05, 3.63) is 0 Å². The van der Waals surface area contributed by atoms with Crippen LogP contribution in [0.5, 0.6) is 0 Å². The average Bonchev–Trinajstić information content (AvgIpc) is 2.36. The summed E-state index contributed by atoms with van der Waals surface area (Å²) in [4.78, 5) is 2.43. The maximum absolute atomic E-state index is 12.3. The van der Waals surface area contributed by atoms with E-state index >= 15 is 0 Å². The van der Waals surface area contributed by atoms with Gasteiger partial charge in [-0.05, 0) is 25.2 Å². The molecule has 1 aliphatic heterocycles. The third-order valence-corrected chi connectivity index (χ3v) is 4.37. The normalized spacial score (nSPS) is 31.6. The highest BCUT2D eigenvalue weighted by Gasteiger charge is 2.33. The van der Waals surface area contributed by atoms with E-state index in [-0.39, 0.29) is 6.04 Å². The van der Waals surface area contributed by atoms with Crippen LogP contribution < -0.4 is 5.32 Å². The summed E-state index contributed by atoms with van der Waals surface area (Å²) in [5.74, 6) is 0.487. The highest BCUT2D eigenvalue weighted by atomic mass is 19.4. The van der Waals surface area contributed by atoms with Crippen molar-refractivity contribution >= 4 is 0 Å². The molecule has 2 atom stereocenters. The van der Waals surface area contributed by atoms with Crippen LogP contribution in [-0.2, 0) is 0 Å². The van der Waals surface area contributed by atoms with E-state index in [2.05, 4.69) is 17.1 Å². The molecule has 1 saturated heterocycles. The molecular weight excluding hydrogens is 253 g/mol. The number of likely N-dealkylation sites (tertiary alicyclic amines) is 1. The van der Waals surface area contributed by atoms with Crippen molar-refractivity contribution < 1.29 is 13.2 Å². The van der Waals surface area contributed by atoms with Gasteiger partial charge in [-0.1, -0.05) is 26.2 Å². The highest BCUT2D eigenvalue weighted by Crippen LogP contribution is 2.27. The van der Waals surface area contributed by atoms with Gasteiger partial charge in [-0.15, -0.1) is 0 Å². The van der Waals surface area contributed by atoms with E-state index in [0.717, 1.165) is 19.5 Å². The molecule has 0 amide bonds. The molecule has 2 rings (SSSR count). The van der Waals surface area contributed by atoms with E-state index in [0.29, 0.717) is 12.0 Å². The van der Waals surface area contributed by atoms with Crippen molar-refractivity contribution in [1.82, 2.24) is 10.2 Å². The number of nitrogens with one attached hydrogen (secondary N) is 1. The molecule has 2 nitrogen and oxygen atoms in total. The Morgan fingerprint density at radius 3 is 2.42 bits per heavy atom. The summed E-state index contributed by atoms with van der Waals surface area (Å²) < 4.78 is 36.9. The van der Waals surface area contributed by atoms with Crippen molar-refractivity contribution in [2.45, 2.75) is 63.7 Å². The predicted molar refractivity (Wildman–Crippen MR) is 70.1 cm³/mol. The molecule has 2 aliphatic rings. The first-order valence-electron chi connectivity index (χ1n) is 7.48. The van der Waals surface area contributed by atoms with Crippen LogP contribution in [0.2, 0.25) is 0 Å². The van der Waals surface area contributed by atoms with E-state index < -0.39 is 12.7 Å². The Hall–Kier alpha value is -0.290. The van der Waals surface area contributed by atoms with Gasteiger partial charge in [0.1, 0.15) is 0 Å². The molecule has 1 heterocycles. The molecule has 0 aromatic carbocycles. The van der Waals surface area contributed by atoms with Gasteiger partial charge in [-0.2, -0.15) is 13.2 Å². The first-order chi connectivity index (χ1) is 8.94. The molecule has 2 fully saturated rings. The lowest BCUT2D eigenvalue weighted by Gasteiger charge is -2.42. The summed E-state index contributed by atoms with van der Waals surface area (Å²) in [5.41, 5.74) is 0. The summed E-state index contributed by atoms with van der Waals surface area (Å²) in [6.45, 7) is 3.13. The first kappa shape index (κ1) is 15.1. The minimum Gasteiger partial charge on any atom is -0.305 e. The number of rotatable bonds is 3. The molecule has 112 valence electrons. The monoisotopic (exact) mass is 278 g/mol. The zero-order valence-electron chi connectivity index (χ0n) is 11.7. The molecule has 5 heteroatoms. The molecule has 1 aliphatic carbocycles. The van der Waals surface area contributed by atoms with E-state index in [9.17, 15) is 13.2 Å². The minimum absolute atomic E-state index is 0.00713. The fourth-order valence-electron chi connectivity index (χ4n) is 3.54. The Bertz CT molecular complexity index is 274. The number of alkyl halides is 3. The number of hydrogen-bond acceptors (Lipinski definition) is 2. The quantitative estimate of drug-likeness (QED) is 0.853. The fraction of sp³-hybridized carbons (Fsp3) is 1.00. The van der Waals surface area contributed by atoms with E-state index in [1.807, 2.05) is 0 Å². The summed E-state index contributed by atoms with van der Waals surface area (Å²) in [7, 11) is 0. The van der Waals surface area contributed by atoms with Gasteiger partial charge in [0, 0.05) is 25.2 Å². The first-order valence-corrected chi connectivity index (χ1v) is 7.48. The molecule has 0 aromatic heterocycles. The number of hydrogen-bond donors (Lipinski definition) is 1. The Labute approximate surface area is 113 Å². The second-order valence-corrected chi connectivity index (χ2v) is 6.28. The van der Waals surface area contributed by atoms with E-state index in [4.69, 9.17) is 0 Å². The van der Waals surface area contributed by atoms with Crippen molar-refractivity contribution in [1.29, 1.82) is 0 Å². The van der Waals surface area contributed by atoms with Gasteiger partial charge in [0.2, 0.25) is 0 Å². The Balaban J connectivity index is 1.84. The lowest BCUT2D eigenvalue weighted by molar-refractivity contribution is -0.127. The second kappa shape index (κ2) is 6.44. The molecule has 1 saturated carbocycles. The predicted octanol–water partition coefficient (Wildman–Crippen LogP) is 3.18. The van der Waals surface area contributed by atoms with Crippen LogP contribution in [0.3, 0.4) is 0 Å². The highest BCUT2D eigenvalue weighted by molar-refractivity contribution is 4.87. The topological polar surface area (TPSA) is 15.3 Å². The van der Waals surface area contributed by atoms with Crippen molar-refractivity contribution in [3.8, 4) is 0 Å².